The molecule has 0 aromatic carbocycles. The summed E-state index contributed by atoms with van der Waals surface area (Å²) < 4.78 is 15.5. The third kappa shape index (κ3) is 18.2. The van der Waals surface area contributed by atoms with Crippen LogP contribution in [0.1, 0.15) is 52.7 Å². The summed E-state index contributed by atoms with van der Waals surface area (Å²) in [6.07, 6.45) is 6.03. The lowest BCUT2D eigenvalue weighted by Crippen LogP contribution is -2.52. The summed E-state index contributed by atoms with van der Waals surface area (Å²) in [7, 11) is -1.00. The first-order valence-electron chi connectivity index (χ1n) is 19.1. The Morgan fingerprint density at radius 2 is 1.17 bits per heavy atom. The molecule has 4 aromatic heterocycles. The molecule has 2 saturated heterocycles. The van der Waals surface area contributed by atoms with Crippen molar-refractivity contribution in [1.29, 1.82) is 10.5 Å². The minimum Gasteiger partial charge on any atom is -0.480 e. The molecule has 0 aliphatic carbocycles. The van der Waals surface area contributed by atoms with E-state index in [0.29, 0.717) is 64.4 Å². The van der Waals surface area contributed by atoms with Crippen LogP contribution < -0.4 is 31.5 Å². The van der Waals surface area contributed by atoms with Gasteiger partial charge in [0, 0.05) is 75.6 Å². The first-order chi connectivity index (χ1) is 28.4. The molecule has 0 atom stereocenters. The molecule has 6 heterocycles. The number of nitrogens with zero attached hydrogens (tertiary/aromatic N) is 12. The third-order valence-corrected chi connectivity index (χ3v) is 9.27. The Balaban J connectivity index is 0.000000274. The van der Waals surface area contributed by atoms with E-state index in [1.165, 1.54) is 47.7 Å². The van der Waals surface area contributed by atoms with Crippen LogP contribution in [0.5, 0.6) is 0 Å². The SMILES string of the molecule is CC(C)(C)N.CC(C)(C)NC(=O)CN1CCN(c2cc(Nc3ncc(C#N)s3)ncn2)CC1.N#Cc1cnc(Nc2cc(N3CCN(CC(=O)O)CC3)ncn2)s1.[2H]CF. The van der Waals surface area contributed by atoms with Crippen molar-refractivity contribution in [2.45, 2.75) is 52.6 Å². The largest absolute Gasteiger partial charge is 0.480 e. The summed E-state index contributed by atoms with van der Waals surface area (Å²) in [5.74, 6) is 2.09. The minimum absolute atomic E-state index is 0. The lowest BCUT2D eigenvalue weighted by Gasteiger charge is -2.35. The molecule has 22 heteroatoms. The molecule has 2 fully saturated rings. The first-order valence-corrected chi connectivity index (χ1v) is 20.0. The zero-order valence-electron chi connectivity index (χ0n) is 35.1. The summed E-state index contributed by atoms with van der Waals surface area (Å²) in [5, 5.41) is 36.9. The molecule has 0 unspecified atom stereocenters. The zero-order valence-corrected chi connectivity index (χ0v) is 35.8. The Morgan fingerprint density at radius 3 is 1.51 bits per heavy atom. The predicted octanol–water partition coefficient (Wildman–Crippen LogP) is 3.67. The molecular formula is C37H53FN16O3S2. The van der Waals surface area contributed by atoms with Gasteiger partial charge in [0.05, 0.1) is 34.0 Å². The highest BCUT2D eigenvalue weighted by atomic mass is 32.1. The van der Waals surface area contributed by atoms with E-state index in [9.17, 15) is 14.0 Å². The Labute approximate surface area is 353 Å². The number of rotatable bonds is 10. The van der Waals surface area contributed by atoms with Gasteiger partial charge in [-0.25, -0.2) is 29.9 Å². The van der Waals surface area contributed by atoms with Gasteiger partial charge in [0.2, 0.25) is 5.91 Å². The summed E-state index contributed by atoms with van der Waals surface area (Å²) in [6.45, 7) is 18.3. The van der Waals surface area contributed by atoms with Crippen LogP contribution in [-0.4, -0.2) is 140 Å². The van der Waals surface area contributed by atoms with Crippen molar-refractivity contribution in [3.8, 4) is 12.1 Å². The molecule has 0 saturated carbocycles. The molecule has 4 aromatic rings. The number of hydrogen-bond acceptors (Lipinski definition) is 19. The Kier molecular flexibility index (Phi) is 18.0. The molecule has 1 amide bonds. The smallest absolute Gasteiger partial charge is 0.317 e. The number of anilines is 6. The van der Waals surface area contributed by atoms with Gasteiger partial charge in [-0.3, -0.25) is 23.8 Å². The maximum atomic E-state index is 12.1. The molecular weight excluding hydrogens is 800 g/mol. The van der Waals surface area contributed by atoms with Crippen molar-refractivity contribution in [3.63, 3.8) is 0 Å². The quantitative estimate of drug-likeness (QED) is 0.153. The van der Waals surface area contributed by atoms with Gasteiger partial charge in [0.1, 0.15) is 57.8 Å². The first kappa shape index (κ1) is 46.0. The number of carboxylic acids is 1. The van der Waals surface area contributed by atoms with Gasteiger partial charge in [0.15, 0.2) is 10.3 Å². The fourth-order valence-electron chi connectivity index (χ4n) is 5.29. The average Bonchev–Trinajstić information content (AvgIpc) is 3.84. The molecule has 19 nitrogen and oxygen atoms in total. The molecule has 59 heavy (non-hydrogen) atoms. The van der Waals surface area contributed by atoms with E-state index in [0.717, 1.165) is 37.8 Å². The van der Waals surface area contributed by atoms with Crippen LogP contribution in [0.4, 0.5) is 37.9 Å². The highest BCUT2D eigenvalue weighted by Gasteiger charge is 2.23. The van der Waals surface area contributed by atoms with Crippen LogP contribution in [0.25, 0.3) is 0 Å². The molecule has 2 aliphatic heterocycles. The number of carbonyl (C=O) groups excluding carboxylic acids is 1. The van der Waals surface area contributed by atoms with Gasteiger partial charge in [-0.05, 0) is 41.5 Å². The number of aliphatic carboxylic acids is 1. The number of halogens is 1. The molecule has 2 aliphatic rings. The van der Waals surface area contributed by atoms with Gasteiger partial charge in [0.25, 0.3) is 0 Å². The summed E-state index contributed by atoms with van der Waals surface area (Å²) in [5.41, 5.74) is 5.14. The Hall–Kier alpha value is -5.65. The highest BCUT2D eigenvalue weighted by molar-refractivity contribution is 7.16. The number of carbonyl (C=O) groups is 2. The molecule has 6 rings (SSSR count). The number of nitrogens with one attached hydrogen (secondary N) is 3. The second-order valence-corrected chi connectivity index (χ2v) is 17.2. The van der Waals surface area contributed by atoms with Gasteiger partial charge in [-0.2, -0.15) is 10.5 Å². The lowest BCUT2D eigenvalue weighted by atomic mass is 10.1. The van der Waals surface area contributed by atoms with Crippen molar-refractivity contribution in [2.24, 2.45) is 5.73 Å². The lowest BCUT2D eigenvalue weighted by molar-refractivity contribution is -0.138. The number of piperazine rings is 2. The van der Waals surface area contributed by atoms with Crippen LogP contribution in [0.2, 0.25) is 0 Å². The van der Waals surface area contributed by atoms with E-state index in [2.05, 4.69) is 66.6 Å². The van der Waals surface area contributed by atoms with Gasteiger partial charge < -0.3 is 36.6 Å². The number of carboxylic acid groups (broad SMARTS) is 1. The van der Waals surface area contributed by atoms with Crippen molar-refractivity contribution in [2.75, 3.05) is 93.0 Å². The molecule has 0 radical (unpaired) electrons. The van der Waals surface area contributed by atoms with Crippen LogP contribution >= 0.6 is 22.7 Å². The van der Waals surface area contributed by atoms with Crippen molar-refractivity contribution in [1.82, 2.24) is 45.0 Å². The molecule has 0 spiro atoms. The summed E-state index contributed by atoms with van der Waals surface area (Å²) >= 11 is 2.53. The number of alkyl halides is 1. The molecule has 318 valence electrons. The standard InChI is InChI=1S/C18H24N8OS.C14H15N7O2S.C4H11N.CH3F/c1-18(2,3)24-16(27)11-25-4-6-26(7-5-25)15-8-14(21-12-22-15)23-17-20-10-13(9-19)28-17;15-6-10-7-16-14(24-10)19-11-5-12(18-9-17-11)21-3-1-20(2-4-21)8-13(22)23;1-4(2,3)5;1-2/h8,10,12H,4-7,11H2,1-3H3,(H,24,27)(H,20,21,22,23);5,7,9H,1-4,8H2,(H,22,23)(H,16,17,18,19);5H2,1-3H3;1H3/i;;;1D. The van der Waals surface area contributed by atoms with E-state index in [1.807, 2.05) is 64.6 Å². The number of nitriles is 2. The maximum absolute atomic E-state index is 12.1. The minimum atomic E-state index is -1.00. The molecule has 0 bridgehead atoms. The van der Waals surface area contributed by atoms with Gasteiger partial charge in [-0.15, -0.1) is 0 Å². The fraction of sp³-hybridized carbons (Fsp3) is 0.514. The fourth-order valence-corrected chi connectivity index (χ4v) is 6.53. The Morgan fingerprint density at radius 1 is 0.780 bits per heavy atom. The number of thiazole rings is 2. The zero-order chi connectivity index (χ0) is 44.3. The second-order valence-electron chi connectivity index (χ2n) is 15.1. The Bertz CT molecular complexity index is 2020. The van der Waals surface area contributed by atoms with Crippen molar-refractivity contribution in [3.05, 3.63) is 46.9 Å². The topological polar surface area (TPSA) is 254 Å². The van der Waals surface area contributed by atoms with Gasteiger partial charge in [-0.1, -0.05) is 22.7 Å². The van der Waals surface area contributed by atoms with Crippen LogP contribution in [-0.2, 0) is 9.59 Å². The van der Waals surface area contributed by atoms with Crippen molar-refractivity contribution >= 4 is 68.1 Å². The van der Waals surface area contributed by atoms with E-state index in [4.69, 9.17) is 22.7 Å². The summed E-state index contributed by atoms with van der Waals surface area (Å²) in [4.78, 5) is 57.5. The number of amides is 1. The van der Waals surface area contributed by atoms with E-state index >= 15 is 0 Å². The van der Waals surface area contributed by atoms with E-state index in [-0.39, 0.29) is 23.5 Å². The maximum Gasteiger partial charge on any atom is 0.317 e. The number of nitrogens with two attached hydrogens (primary N) is 1. The molecule has 6 N–H and O–H groups in total. The summed E-state index contributed by atoms with van der Waals surface area (Å²) in [6, 6.07) is 7.80. The predicted molar refractivity (Wildman–Crippen MR) is 228 cm³/mol. The monoisotopic (exact) mass is 853 g/mol. The van der Waals surface area contributed by atoms with Gasteiger partial charge >= 0.3 is 5.97 Å². The van der Waals surface area contributed by atoms with Crippen LogP contribution in [0.3, 0.4) is 0 Å². The second kappa shape index (κ2) is 23.1. The van der Waals surface area contributed by atoms with Crippen LogP contribution in [0.15, 0.2) is 37.2 Å². The van der Waals surface area contributed by atoms with Crippen LogP contribution in [0, 0.1) is 22.7 Å². The normalized spacial score (nSPS) is 14.6. The van der Waals surface area contributed by atoms with Crippen molar-refractivity contribution < 1.29 is 20.5 Å². The van der Waals surface area contributed by atoms with E-state index in [1.54, 1.807) is 0 Å². The number of hydrogen-bond donors (Lipinski definition) is 5. The number of aromatic nitrogens is 6. The average molecular weight is 854 g/mol. The third-order valence-electron chi connectivity index (χ3n) is 7.64. The highest BCUT2D eigenvalue weighted by Crippen LogP contribution is 2.24. The van der Waals surface area contributed by atoms with E-state index < -0.39 is 13.1 Å².